The van der Waals surface area contributed by atoms with Crippen LogP contribution < -0.4 is 51.4 Å². The van der Waals surface area contributed by atoms with Crippen molar-refractivity contribution in [3.05, 3.63) is 0 Å². The van der Waals surface area contributed by atoms with Gasteiger partial charge >= 0.3 is 89.4 Å². The predicted octanol–water partition coefficient (Wildman–Crippen LogP) is -4.42. The Labute approximate surface area is 131 Å². The summed E-state index contributed by atoms with van der Waals surface area (Å²) in [5, 5.41) is 0. The van der Waals surface area contributed by atoms with Crippen molar-refractivity contribution in [3.63, 3.8) is 0 Å². The molecule has 64 valence electrons. The van der Waals surface area contributed by atoms with Crippen molar-refractivity contribution in [3.8, 4) is 0 Å². The Bertz CT molecular complexity index is 14.1. The van der Waals surface area contributed by atoms with Crippen LogP contribution in [0.5, 0.6) is 0 Å². The molecule has 0 aliphatic rings. The molecule has 0 unspecified atom stereocenters. The molecule has 0 aromatic carbocycles. The maximum atomic E-state index is 0. The molecule has 0 rings (SSSR count). The minimum atomic E-state index is 0. The molecule has 0 aromatic rings. The van der Waals surface area contributed by atoms with E-state index in [1.165, 1.54) is 0 Å². The summed E-state index contributed by atoms with van der Waals surface area (Å²) in [4.78, 5) is 0. The largest absolute Gasteiger partial charge is 5.00 e. The van der Waals surface area contributed by atoms with Crippen molar-refractivity contribution >= 4 is 0 Å². The molecule has 0 saturated heterocycles. The average Bonchev–Trinajstić information content (AvgIpc) is 0. The van der Waals surface area contributed by atoms with Crippen LogP contribution in [-0.4, -0.2) is 43.8 Å². The zero-order valence-corrected chi connectivity index (χ0v) is 13.2. The van der Waals surface area contributed by atoms with Gasteiger partial charge in [0.1, 0.15) is 0 Å². The third-order valence-corrected chi connectivity index (χ3v) is 0. The Kier molecular flexibility index (Phi) is 7900. The second-order valence-electron chi connectivity index (χ2n) is 0. The van der Waals surface area contributed by atoms with Crippen molar-refractivity contribution in [1.29, 1.82) is 0 Å². The maximum absolute atomic E-state index is 0. The summed E-state index contributed by atoms with van der Waals surface area (Å²) in [6.07, 6.45) is 0. The normalized spacial score (nSPS) is 0. The van der Waals surface area contributed by atoms with Gasteiger partial charge in [-0.15, -0.1) is 0 Å². The van der Waals surface area contributed by atoms with E-state index in [1.54, 1.807) is 0 Å². The molecule has 11 heteroatoms. The van der Waals surface area contributed by atoms with Gasteiger partial charge in [-0.2, -0.15) is 0 Å². The van der Waals surface area contributed by atoms with Crippen molar-refractivity contribution in [2.45, 2.75) is 0 Å². The summed E-state index contributed by atoms with van der Waals surface area (Å²) in [5.74, 6) is 0. The van der Waals surface area contributed by atoms with Crippen LogP contribution in [0.15, 0.2) is 0 Å². The summed E-state index contributed by atoms with van der Waals surface area (Å²) < 4.78 is 0. The Hall–Kier alpha value is 2.52. The quantitative estimate of drug-likeness (QED) is 0.393. The fraction of sp³-hybridized carbons (Fsp3) is 0. The molecule has 0 amide bonds. The Morgan fingerprint density at radius 3 is 0.364 bits per heavy atom. The van der Waals surface area contributed by atoms with E-state index in [2.05, 4.69) is 0 Å². The molecule has 0 heterocycles. The molecular weight excluding hydrogens is 283 g/mol. The maximum Gasteiger partial charge on any atom is 5.00 e. The first kappa shape index (κ1) is 333. The van der Waals surface area contributed by atoms with Crippen molar-refractivity contribution in [2.24, 2.45) is 0 Å². The third-order valence-electron chi connectivity index (χ3n) is 0. The monoisotopic (exact) mass is 290 g/mol. The molecule has 0 spiro atoms. The zero-order valence-electron chi connectivity index (χ0n) is 5.73. The van der Waals surface area contributed by atoms with E-state index < -0.39 is 0 Å². The first-order valence-electron chi connectivity index (χ1n) is 0. The molecule has 0 fully saturated rings. The van der Waals surface area contributed by atoms with E-state index in [1.807, 2.05) is 0 Å². The van der Waals surface area contributed by atoms with Crippen molar-refractivity contribution in [1.82, 2.24) is 0 Å². The number of hydrogen-bond acceptors (Lipinski definition) is 8. The van der Waals surface area contributed by atoms with Crippen LogP contribution in [-0.2, 0) is 38.0 Å². The fourth-order valence-corrected chi connectivity index (χ4v) is 0. The van der Waals surface area contributed by atoms with Gasteiger partial charge in [-0.05, 0) is 0 Å². The van der Waals surface area contributed by atoms with Crippen LogP contribution in [0.3, 0.4) is 0 Å². The average molecular weight is 291 g/mol. The molecule has 0 saturated carbocycles. The Morgan fingerprint density at radius 1 is 0.364 bits per heavy atom. The first-order chi connectivity index (χ1) is 0. The van der Waals surface area contributed by atoms with E-state index in [0.717, 1.165) is 0 Å². The van der Waals surface area contributed by atoms with Crippen molar-refractivity contribution < 1.29 is 133 Å². The Morgan fingerprint density at radius 2 is 0.364 bits per heavy atom. The third kappa shape index (κ3) is 218. The molecule has 0 radical (unpaired) electrons. The minimum Gasteiger partial charge on any atom is -0.870 e. The molecule has 0 aliphatic carbocycles. The second kappa shape index (κ2) is 261. The van der Waals surface area contributed by atoms with Crippen LogP contribution in [0.2, 0.25) is 0 Å². The summed E-state index contributed by atoms with van der Waals surface area (Å²) in [6.45, 7) is 0. The fourth-order valence-electron chi connectivity index (χ4n) is 0. The van der Waals surface area contributed by atoms with Gasteiger partial charge in [-0.25, -0.2) is 0 Å². The molecule has 0 aliphatic heterocycles. The van der Waals surface area contributed by atoms with Gasteiger partial charge in [0, 0.05) is 0 Å². The smallest absolute Gasteiger partial charge is 0.870 e. The predicted molar refractivity (Wildman–Crippen MR) is 15.5 cm³/mol. The minimum absolute atomic E-state index is 0. The molecule has 0 aromatic heterocycles. The SMILES string of the molecule is [K+].[OH-].[OH-].[OH-].[OH-].[OH-].[OH-].[OH-].[OH-].[V+5].[Zn+2]. The van der Waals surface area contributed by atoms with Crippen LogP contribution in [0.4, 0.5) is 0 Å². The van der Waals surface area contributed by atoms with Crippen LogP contribution in [0, 0.1) is 0 Å². The van der Waals surface area contributed by atoms with E-state index >= 15 is 0 Å². The summed E-state index contributed by atoms with van der Waals surface area (Å²) in [5.41, 5.74) is 0. The van der Waals surface area contributed by atoms with E-state index in [-0.39, 0.29) is 133 Å². The number of rotatable bonds is 0. The van der Waals surface area contributed by atoms with Gasteiger partial charge < -0.3 is 43.8 Å². The first-order valence-corrected chi connectivity index (χ1v) is 0. The van der Waals surface area contributed by atoms with Gasteiger partial charge in [-0.1, -0.05) is 0 Å². The summed E-state index contributed by atoms with van der Waals surface area (Å²) >= 11 is 0. The molecule has 0 atom stereocenters. The van der Waals surface area contributed by atoms with Crippen LogP contribution in [0.25, 0.3) is 0 Å². The van der Waals surface area contributed by atoms with Gasteiger partial charge in [-0.3, -0.25) is 0 Å². The van der Waals surface area contributed by atoms with Gasteiger partial charge in [0.2, 0.25) is 0 Å². The van der Waals surface area contributed by atoms with Gasteiger partial charge in [0.15, 0.2) is 0 Å². The summed E-state index contributed by atoms with van der Waals surface area (Å²) in [6, 6.07) is 0. The zero-order chi connectivity index (χ0) is 0. The molecule has 11 heavy (non-hydrogen) atoms. The molecule has 0 bridgehead atoms. The van der Waals surface area contributed by atoms with Gasteiger partial charge in [0.05, 0.1) is 0 Å². The molecule has 8 N–H and O–H groups in total. The molecule has 8 nitrogen and oxygen atoms in total. The standard InChI is InChI=1S/K.8H2O.V.Zn/h;8*1H2;;/q+1;;;;;;;;;+5;+2/p-8. The topological polar surface area (TPSA) is 240 Å². The van der Waals surface area contributed by atoms with E-state index in [4.69, 9.17) is 0 Å². The number of hydrogen-bond donors (Lipinski definition) is 0. The van der Waals surface area contributed by atoms with Gasteiger partial charge in [0.25, 0.3) is 0 Å². The molecular formula is H8KO8VZn. The second-order valence-corrected chi connectivity index (χ2v) is 0. The van der Waals surface area contributed by atoms with Crippen LogP contribution >= 0.6 is 0 Å². The van der Waals surface area contributed by atoms with E-state index in [9.17, 15) is 0 Å². The van der Waals surface area contributed by atoms with Crippen molar-refractivity contribution in [2.75, 3.05) is 0 Å². The Balaban J connectivity index is 0. The summed E-state index contributed by atoms with van der Waals surface area (Å²) in [7, 11) is 0. The van der Waals surface area contributed by atoms with Crippen LogP contribution in [0.1, 0.15) is 0 Å². The van der Waals surface area contributed by atoms with E-state index in [0.29, 0.717) is 0 Å².